The van der Waals surface area contributed by atoms with E-state index in [4.69, 9.17) is 9.47 Å². The maximum Gasteiger partial charge on any atom is 0.142 e. The van der Waals surface area contributed by atoms with Gasteiger partial charge in [-0.25, -0.2) is 0 Å². The van der Waals surface area contributed by atoms with Crippen LogP contribution in [0.4, 0.5) is 0 Å². The number of hydrogen-bond donors (Lipinski definition) is 2. The molecule has 0 bridgehead atoms. The molecule has 4 nitrogen and oxygen atoms in total. The Kier molecular flexibility index (Phi) is 4.31. The lowest BCUT2D eigenvalue weighted by Crippen LogP contribution is -2.56. The maximum absolute atomic E-state index is 9.60. The van der Waals surface area contributed by atoms with Gasteiger partial charge in [0.1, 0.15) is 19.0 Å². The molecule has 0 amide bonds. The van der Waals surface area contributed by atoms with Crippen LogP contribution in [0.25, 0.3) is 0 Å². The van der Waals surface area contributed by atoms with E-state index in [1.807, 2.05) is 45.1 Å². The number of hydrogen-bond acceptors (Lipinski definition) is 4. The fourth-order valence-electron chi connectivity index (χ4n) is 2.75. The maximum atomic E-state index is 9.60. The van der Waals surface area contributed by atoms with Crippen molar-refractivity contribution < 1.29 is 19.7 Å². The predicted molar refractivity (Wildman–Crippen MR) is 74.6 cm³/mol. The van der Waals surface area contributed by atoms with Crippen molar-refractivity contribution in [2.75, 3.05) is 13.2 Å². The highest BCUT2D eigenvalue weighted by atomic mass is 16.6. The lowest BCUT2D eigenvalue weighted by atomic mass is 9.81. The van der Waals surface area contributed by atoms with E-state index in [0.717, 1.165) is 5.56 Å². The fraction of sp³-hybridized carbons (Fsp3) is 0.571. The second kappa shape index (κ2) is 5.63. The van der Waals surface area contributed by atoms with Crippen molar-refractivity contribution in [1.29, 1.82) is 0 Å². The van der Waals surface area contributed by atoms with E-state index in [1.54, 1.807) is 0 Å². The van der Waals surface area contributed by atoms with Crippen LogP contribution >= 0.6 is 0 Å². The number of rotatable bonds is 5. The Morgan fingerprint density at radius 2 is 1.95 bits per heavy atom. The Morgan fingerprint density at radius 1 is 1.32 bits per heavy atom. The smallest absolute Gasteiger partial charge is 0.142 e. The predicted octanol–water partition coefficient (Wildman–Crippen LogP) is 0.0648. The molecule has 1 aromatic rings. The molecule has 1 heterocycles. The van der Waals surface area contributed by atoms with Gasteiger partial charge in [-0.2, -0.15) is 0 Å². The molecular formula is C14H21BO4. The summed E-state index contributed by atoms with van der Waals surface area (Å²) in [5.74, 6) is 0. The molecule has 1 unspecified atom stereocenters. The van der Waals surface area contributed by atoms with Gasteiger partial charge in [0, 0.05) is 6.00 Å². The standard InChI is InChI=1S/C14H21BO4/c1-13(18-8-11-5-3-2-4-6-11)7-12(15)19-14(13,9-16)10-17/h2-6,12,16-17H,7-10,15H2,1H3/t12-,13?/m1/s1. The summed E-state index contributed by atoms with van der Waals surface area (Å²) < 4.78 is 11.7. The molecule has 1 aliphatic heterocycles. The zero-order chi connectivity index (χ0) is 13.9. The van der Waals surface area contributed by atoms with Crippen LogP contribution in [0.15, 0.2) is 30.3 Å². The quantitative estimate of drug-likeness (QED) is 0.739. The molecule has 1 fully saturated rings. The average Bonchev–Trinajstić information content (AvgIpc) is 2.69. The summed E-state index contributed by atoms with van der Waals surface area (Å²) in [7, 11) is 1.93. The highest BCUT2D eigenvalue weighted by molar-refractivity contribution is 6.11. The van der Waals surface area contributed by atoms with Gasteiger partial charge in [0.25, 0.3) is 0 Å². The zero-order valence-electron chi connectivity index (χ0n) is 11.5. The summed E-state index contributed by atoms with van der Waals surface area (Å²) in [6.45, 7) is 1.83. The van der Waals surface area contributed by atoms with Gasteiger partial charge >= 0.3 is 0 Å². The Morgan fingerprint density at radius 3 is 2.53 bits per heavy atom. The summed E-state index contributed by atoms with van der Waals surface area (Å²) in [5, 5.41) is 19.2. The van der Waals surface area contributed by atoms with Crippen LogP contribution in [0.5, 0.6) is 0 Å². The molecule has 0 aliphatic carbocycles. The van der Waals surface area contributed by atoms with Crippen LogP contribution in [-0.2, 0) is 16.1 Å². The number of aliphatic hydroxyl groups excluding tert-OH is 2. The number of aliphatic hydroxyl groups is 2. The molecular weight excluding hydrogens is 243 g/mol. The minimum absolute atomic E-state index is 0.0416. The van der Waals surface area contributed by atoms with Gasteiger partial charge in [0.2, 0.25) is 0 Å². The molecule has 5 heteroatoms. The van der Waals surface area contributed by atoms with Crippen molar-refractivity contribution in [3.8, 4) is 0 Å². The molecule has 0 aromatic heterocycles. The van der Waals surface area contributed by atoms with Crippen LogP contribution in [0, 0.1) is 0 Å². The molecule has 0 spiro atoms. The molecule has 2 N–H and O–H groups in total. The third-order valence-corrected chi connectivity index (χ3v) is 3.98. The summed E-state index contributed by atoms with van der Waals surface area (Å²) in [4.78, 5) is 0. The zero-order valence-corrected chi connectivity index (χ0v) is 11.5. The SMILES string of the molecule is B[C@H]1CC(C)(OCc2ccccc2)C(CO)(CO)O1. The van der Waals surface area contributed by atoms with Crippen LogP contribution in [0.3, 0.4) is 0 Å². The van der Waals surface area contributed by atoms with E-state index >= 15 is 0 Å². The Bertz CT molecular complexity index is 407. The van der Waals surface area contributed by atoms with Gasteiger partial charge < -0.3 is 19.7 Å². The van der Waals surface area contributed by atoms with Gasteiger partial charge in [-0.05, 0) is 18.9 Å². The van der Waals surface area contributed by atoms with E-state index in [1.165, 1.54) is 0 Å². The third-order valence-electron chi connectivity index (χ3n) is 3.98. The molecule has 104 valence electrons. The van der Waals surface area contributed by atoms with Crippen molar-refractivity contribution in [3.63, 3.8) is 0 Å². The minimum Gasteiger partial charge on any atom is -0.393 e. The highest BCUT2D eigenvalue weighted by Crippen LogP contribution is 2.41. The van der Waals surface area contributed by atoms with Crippen molar-refractivity contribution in [1.82, 2.24) is 0 Å². The fourth-order valence-corrected chi connectivity index (χ4v) is 2.75. The monoisotopic (exact) mass is 264 g/mol. The van der Waals surface area contributed by atoms with Gasteiger partial charge in [0.15, 0.2) is 0 Å². The minimum atomic E-state index is -1.03. The molecule has 0 radical (unpaired) electrons. The van der Waals surface area contributed by atoms with Gasteiger partial charge in [-0.3, -0.25) is 0 Å². The molecule has 1 saturated heterocycles. The van der Waals surface area contributed by atoms with Crippen molar-refractivity contribution in [3.05, 3.63) is 35.9 Å². The van der Waals surface area contributed by atoms with Gasteiger partial charge in [0.05, 0.1) is 19.8 Å². The van der Waals surface area contributed by atoms with Crippen molar-refractivity contribution >= 4 is 7.85 Å². The largest absolute Gasteiger partial charge is 0.393 e. The first-order valence-corrected chi connectivity index (χ1v) is 6.63. The molecule has 2 atom stereocenters. The average molecular weight is 264 g/mol. The molecule has 2 rings (SSSR count). The first-order valence-electron chi connectivity index (χ1n) is 6.63. The molecule has 19 heavy (non-hydrogen) atoms. The summed E-state index contributed by atoms with van der Waals surface area (Å²) in [5.41, 5.74) is -0.652. The van der Waals surface area contributed by atoms with Gasteiger partial charge in [-0.1, -0.05) is 30.3 Å². The number of ether oxygens (including phenoxy) is 2. The van der Waals surface area contributed by atoms with Crippen molar-refractivity contribution in [2.24, 2.45) is 0 Å². The highest BCUT2D eigenvalue weighted by Gasteiger charge is 2.56. The first kappa shape index (κ1) is 14.5. The van der Waals surface area contributed by atoms with Crippen LogP contribution < -0.4 is 0 Å². The Labute approximate surface area is 114 Å². The summed E-state index contributed by atoms with van der Waals surface area (Å²) in [6, 6.07) is 9.81. The molecule has 1 aliphatic rings. The van der Waals surface area contributed by atoms with Crippen LogP contribution in [0.1, 0.15) is 18.9 Å². The van der Waals surface area contributed by atoms with E-state index in [9.17, 15) is 10.2 Å². The van der Waals surface area contributed by atoms with Gasteiger partial charge in [-0.15, -0.1) is 0 Å². The summed E-state index contributed by atoms with van der Waals surface area (Å²) >= 11 is 0. The first-order chi connectivity index (χ1) is 9.05. The third kappa shape index (κ3) is 2.70. The Balaban J connectivity index is 2.12. The van der Waals surface area contributed by atoms with E-state index < -0.39 is 11.2 Å². The second-order valence-electron chi connectivity index (χ2n) is 5.45. The summed E-state index contributed by atoms with van der Waals surface area (Å²) in [6.07, 6.45) is 0.654. The molecule has 0 saturated carbocycles. The second-order valence-corrected chi connectivity index (χ2v) is 5.45. The normalized spacial score (nSPS) is 29.5. The van der Waals surface area contributed by atoms with Crippen molar-refractivity contribution in [2.45, 2.75) is 37.2 Å². The lowest BCUT2D eigenvalue weighted by Gasteiger charge is -2.39. The van der Waals surface area contributed by atoms with Crippen LogP contribution in [0.2, 0.25) is 0 Å². The van der Waals surface area contributed by atoms with Crippen LogP contribution in [-0.4, -0.2) is 48.5 Å². The number of benzene rings is 1. The lowest BCUT2D eigenvalue weighted by molar-refractivity contribution is -0.188. The van der Waals surface area contributed by atoms with E-state index in [0.29, 0.717) is 13.0 Å². The van der Waals surface area contributed by atoms with E-state index in [-0.39, 0.29) is 19.2 Å². The van der Waals surface area contributed by atoms with E-state index in [2.05, 4.69) is 0 Å². The molecule has 1 aromatic carbocycles. The Hall–Kier alpha value is -0.875. The topological polar surface area (TPSA) is 58.9 Å².